The lowest BCUT2D eigenvalue weighted by molar-refractivity contribution is 0.0697. The topological polar surface area (TPSA) is 54.4 Å². The Balaban J connectivity index is 0.000000220. The van der Waals surface area contributed by atoms with Crippen molar-refractivity contribution in [2.45, 2.75) is 0 Å². The zero-order chi connectivity index (χ0) is 16.9. The van der Waals surface area contributed by atoms with E-state index in [9.17, 15) is 9.59 Å². The zero-order valence-corrected chi connectivity index (χ0v) is 16.1. The molecule has 0 saturated heterocycles. The van der Waals surface area contributed by atoms with Gasteiger partial charge in [-0.05, 0) is 48.0 Å². The Bertz CT molecular complexity index is 659. The SMILES string of the molecule is O=C(Cl)c1ccc(Br)cc1Cl.O=C(O)c1ccc(Br)cc1Cl. The van der Waals surface area contributed by atoms with Gasteiger partial charge in [0.25, 0.3) is 5.24 Å². The number of carbonyl (C=O) groups is 2. The molecule has 8 heteroatoms. The Hall–Kier alpha value is -0.590. The first-order valence-electron chi connectivity index (χ1n) is 5.55. The molecule has 0 aromatic heterocycles. The predicted octanol–water partition coefficient (Wildman–Crippen LogP) is 6.28. The second kappa shape index (κ2) is 8.89. The van der Waals surface area contributed by atoms with Crippen molar-refractivity contribution in [3.63, 3.8) is 0 Å². The van der Waals surface area contributed by atoms with Gasteiger partial charge in [-0.25, -0.2) is 4.79 Å². The van der Waals surface area contributed by atoms with E-state index in [4.69, 9.17) is 39.9 Å². The molecule has 0 amide bonds. The molecule has 3 nitrogen and oxygen atoms in total. The van der Waals surface area contributed by atoms with E-state index < -0.39 is 11.2 Å². The van der Waals surface area contributed by atoms with Crippen LogP contribution in [0.4, 0.5) is 0 Å². The van der Waals surface area contributed by atoms with Crippen LogP contribution in [0.5, 0.6) is 0 Å². The molecule has 0 aliphatic carbocycles. The third-order valence-corrected chi connectivity index (χ3v) is 4.12. The average Bonchev–Trinajstić information content (AvgIpc) is 2.38. The number of hydrogen-bond acceptors (Lipinski definition) is 2. The summed E-state index contributed by atoms with van der Waals surface area (Å²) in [5, 5.41) is 8.62. The van der Waals surface area contributed by atoms with Crippen molar-refractivity contribution in [3.05, 3.63) is 66.5 Å². The molecular weight excluding hydrogens is 482 g/mol. The molecule has 0 saturated carbocycles. The average molecular weight is 489 g/mol. The minimum Gasteiger partial charge on any atom is -0.478 e. The quantitative estimate of drug-likeness (QED) is 0.505. The first-order chi connectivity index (χ1) is 10.2. The Morgan fingerprint density at radius 1 is 0.864 bits per heavy atom. The fourth-order valence-electron chi connectivity index (χ4n) is 1.31. The lowest BCUT2D eigenvalue weighted by atomic mass is 10.2. The summed E-state index contributed by atoms with van der Waals surface area (Å²) in [5.41, 5.74) is 0.450. The van der Waals surface area contributed by atoms with Gasteiger partial charge >= 0.3 is 5.97 Å². The Morgan fingerprint density at radius 3 is 1.59 bits per heavy atom. The molecule has 0 bridgehead atoms. The smallest absolute Gasteiger partial charge is 0.337 e. The molecule has 22 heavy (non-hydrogen) atoms. The molecule has 2 rings (SSSR count). The summed E-state index contributed by atoms with van der Waals surface area (Å²) in [4.78, 5) is 21.1. The summed E-state index contributed by atoms with van der Waals surface area (Å²) in [6, 6.07) is 9.54. The third-order valence-electron chi connectivity index (χ3n) is 2.30. The number of hydrogen-bond donors (Lipinski definition) is 1. The normalized spacial score (nSPS) is 9.68. The van der Waals surface area contributed by atoms with Crippen molar-refractivity contribution in [2.75, 3.05) is 0 Å². The van der Waals surface area contributed by atoms with E-state index in [0.29, 0.717) is 10.6 Å². The minimum absolute atomic E-state index is 0.120. The van der Waals surface area contributed by atoms with Crippen molar-refractivity contribution in [1.29, 1.82) is 0 Å². The van der Waals surface area contributed by atoms with E-state index in [0.717, 1.165) is 8.95 Å². The number of aromatic carboxylic acids is 1. The lowest BCUT2D eigenvalue weighted by Crippen LogP contribution is -1.96. The number of benzene rings is 2. The van der Waals surface area contributed by atoms with E-state index in [1.54, 1.807) is 30.3 Å². The maximum atomic E-state index is 10.6. The number of carbonyl (C=O) groups excluding carboxylic acids is 1. The van der Waals surface area contributed by atoms with Gasteiger partial charge in [-0.1, -0.05) is 55.1 Å². The molecule has 0 unspecified atom stereocenters. The molecular formula is C14H7Br2Cl3O3. The summed E-state index contributed by atoms with van der Waals surface area (Å²) in [6.45, 7) is 0. The molecule has 0 spiro atoms. The standard InChI is InChI=1S/C7H3BrCl2O.C7H4BrClO2/c2*8-4-1-2-5(7(10)11)6(9)3-4/h1-3H;1-3H,(H,10,11). The fourth-order valence-corrected chi connectivity index (χ4v) is 3.04. The van der Waals surface area contributed by atoms with Crippen LogP contribution >= 0.6 is 66.7 Å². The predicted molar refractivity (Wildman–Crippen MR) is 95.4 cm³/mol. The monoisotopic (exact) mass is 486 g/mol. The lowest BCUT2D eigenvalue weighted by Gasteiger charge is -1.97. The van der Waals surface area contributed by atoms with Crippen LogP contribution in [-0.2, 0) is 0 Å². The molecule has 0 fully saturated rings. The van der Waals surface area contributed by atoms with Crippen LogP contribution in [0.15, 0.2) is 45.3 Å². The van der Waals surface area contributed by atoms with Crippen LogP contribution in [-0.4, -0.2) is 16.3 Å². The van der Waals surface area contributed by atoms with Crippen molar-refractivity contribution < 1.29 is 14.7 Å². The second-order valence-corrected chi connectivity index (χ2v) is 6.82. The van der Waals surface area contributed by atoms with Crippen molar-refractivity contribution in [1.82, 2.24) is 0 Å². The van der Waals surface area contributed by atoms with Crippen LogP contribution in [0.2, 0.25) is 10.0 Å². The van der Waals surface area contributed by atoms with Gasteiger partial charge in [0.05, 0.1) is 21.2 Å². The van der Waals surface area contributed by atoms with Gasteiger partial charge in [0.15, 0.2) is 0 Å². The number of halogens is 5. The van der Waals surface area contributed by atoms with Crippen molar-refractivity contribution in [3.8, 4) is 0 Å². The molecule has 0 aliphatic rings. The summed E-state index contributed by atoms with van der Waals surface area (Å²) in [6.07, 6.45) is 0. The molecule has 0 heterocycles. The summed E-state index contributed by atoms with van der Waals surface area (Å²) in [7, 11) is 0. The van der Waals surface area contributed by atoms with Gasteiger partial charge in [0.2, 0.25) is 0 Å². The zero-order valence-electron chi connectivity index (χ0n) is 10.6. The van der Waals surface area contributed by atoms with E-state index in [-0.39, 0.29) is 10.6 Å². The van der Waals surface area contributed by atoms with Crippen molar-refractivity contribution >= 4 is 77.9 Å². The highest BCUT2D eigenvalue weighted by atomic mass is 79.9. The molecule has 1 N–H and O–H groups in total. The van der Waals surface area contributed by atoms with Crippen LogP contribution in [0.1, 0.15) is 20.7 Å². The molecule has 0 radical (unpaired) electrons. The van der Waals surface area contributed by atoms with Gasteiger partial charge in [-0.3, -0.25) is 4.79 Å². The van der Waals surface area contributed by atoms with Crippen LogP contribution in [0.25, 0.3) is 0 Å². The molecule has 0 atom stereocenters. The number of carboxylic acid groups (broad SMARTS) is 1. The first-order valence-corrected chi connectivity index (χ1v) is 8.27. The molecule has 2 aromatic rings. The molecule has 0 aliphatic heterocycles. The van der Waals surface area contributed by atoms with Gasteiger partial charge in [-0.15, -0.1) is 0 Å². The van der Waals surface area contributed by atoms with E-state index in [2.05, 4.69) is 31.9 Å². The number of carboxylic acids is 1. The summed E-state index contributed by atoms with van der Waals surface area (Å²) >= 11 is 22.9. The van der Waals surface area contributed by atoms with Gasteiger partial charge in [0, 0.05) is 8.95 Å². The van der Waals surface area contributed by atoms with Crippen LogP contribution < -0.4 is 0 Å². The van der Waals surface area contributed by atoms with Crippen LogP contribution in [0.3, 0.4) is 0 Å². The van der Waals surface area contributed by atoms with Crippen molar-refractivity contribution in [2.24, 2.45) is 0 Å². The largest absolute Gasteiger partial charge is 0.478 e. The highest BCUT2D eigenvalue weighted by Crippen LogP contribution is 2.22. The number of rotatable bonds is 2. The van der Waals surface area contributed by atoms with Gasteiger partial charge in [0.1, 0.15) is 0 Å². The van der Waals surface area contributed by atoms with Gasteiger partial charge in [-0.2, -0.15) is 0 Å². The third kappa shape index (κ3) is 5.89. The first kappa shape index (κ1) is 19.5. The van der Waals surface area contributed by atoms with Crippen LogP contribution in [0, 0.1) is 0 Å². The maximum Gasteiger partial charge on any atom is 0.337 e. The fraction of sp³-hybridized carbons (Fsp3) is 0. The Kier molecular flexibility index (Phi) is 7.86. The maximum absolute atomic E-state index is 10.6. The second-order valence-electron chi connectivity index (χ2n) is 3.83. The van der Waals surface area contributed by atoms with E-state index >= 15 is 0 Å². The minimum atomic E-state index is -1.01. The van der Waals surface area contributed by atoms with E-state index in [1.165, 1.54) is 6.07 Å². The molecule has 2 aromatic carbocycles. The highest BCUT2D eigenvalue weighted by Gasteiger charge is 2.07. The molecule has 116 valence electrons. The highest BCUT2D eigenvalue weighted by molar-refractivity contribution is 9.10. The van der Waals surface area contributed by atoms with Gasteiger partial charge < -0.3 is 5.11 Å². The van der Waals surface area contributed by atoms with E-state index in [1.807, 2.05) is 0 Å². The summed E-state index contributed by atoms with van der Waals surface area (Å²) in [5.74, 6) is -1.01. The Morgan fingerprint density at radius 2 is 1.27 bits per heavy atom. The Labute approximate surface area is 158 Å². The summed E-state index contributed by atoms with van der Waals surface area (Å²) < 4.78 is 1.59.